The Labute approximate surface area is 131 Å². The first-order valence-electron chi connectivity index (χ1n) is 5.94. The monoisotopic (exact) mass is 362 g/mol. The van der Waals surface area contributed by atoms with E-state index < -0.39 is 21.3 Å². The molecule has 0 bridgehead atoms. The van der Waals surface area contributed by atoms with Gasteiger partial charge in [-0.1, -0.05) is 0 Å². The van der Waals surface area contributed by atoms with E-state index in [1.165, 1.54) is 24.0 Å². The van der Waals surface area contributed by atoms with Gasteiger partial charge in [0.05, 0.1) is 0 Å². The van der Waals surface area contributed by atoms with E-state index in [9.17, 15) is 0 Å². The van der Waals surface area contributed by atoms with Crippen molar-refractivity contribution >= 4 is 29.0 Å². The molecule has 0 N–H and O–H groups in total. The second kappa shape index (κ2) is 7.18. The van der Waals surface area contributed by atoms with Gasteiger partial charge in [0, 0.05) is 0 Å². The van der Waals surface area contributed by atoms with Crippen molar-refractivity contribution in [2.24, 2.45) is 0 Å². The van der Waals surface area contributed by atoms with Gasteiger partial charge in [-0.3, -0.25) is 0 Å². The second-order valence-electron chi connectivity index (χ2n) is 4.99. The molecule has 3 heteroatoms. The molecule has 0 aromatic rings. The SMILES string of the molecule is Cl.Cl.[CH2]=[Zr]([C]1=CC(C)=CC1)[C]1=C(C)C(C)=C(C)C1. The number of hydrogen-bond donors (Lipinski definition) is 0. The third-order valence-electron chi connectivity index (χ3n) is 3.90. The molecule has 0 nitrogen and oxygen atoms in total. The number of allylic oxidation sites excluding steroid dienone is 8. The third-order valence-corrected chi connectivity index (χ3v) is 9.80. The maximum atomic E-state index is 4.57. The summed E-state index contributed by atoms with van der Waals surface area (Å²) in [5.74, 6) is 0. The van der Waals surface area contributed by atoms with E-state index in [4.69, 9.17) is 0 Å². The summed E-state index contributed by atoms with van der Waals surface area (Å²) in [4.78, 5) is 0. The van der Waals surface area contributed by atoms with Gasteiger partial charge in [0.25, 0.3) is 0 Å². The minimum absolute atomic E-state index is 0. The zero-order chi connectivity index (χ0) is 11.9. The Morgan fingerprint density at radius 1 is 1.06 bits per heavy atom. The third kappa shape index (κ3) is 3.44. The van der Waals surface area contributed by atoms with Gasteiger partial charge in [0.1, 0.15) is 0 Å². The topological polar surface area (TPSA) is 0 Å². The molecule has 2 rings (SSSR count). The average molecular weight is 364 g/mol. The fourth-order valence-electron chi connectivity index (χ4n) is 2.48. The van der Waals surface area contributed by atoms with Crippen molar-refractivity contribution in [1.29, 1.82) is 0 Å². The van der Waals surface area contributed by atoms with E-state index in [2.05, 4.69) is 44.1 Å². The van der Waals surface area contributed by atoms with Crippen molar-refractivity contribution in [3.05, 3.63) is 41.0 Å². The summed E-state index contributed by atoms with van der Waals surface area (Å²) in [7, 11) is 0. The van der Waals surface area contributed by atoms with Gasteiger partial charge in [-0.05, 0) is 0 Å². The summed E-state index contributed by atoms with van der Waals surface area (Å²) >= 11 is -1.69. The van der Waals surface area contributed by atoms with Gasteiger partial charge < -0.3 is 0 Å². The van der Waals surface area contributed by atoms with Crippen LogP contribution >= 0.6 is 24.8 Å². The zero-order valence-electron chi connectivity index (χ0n) is 11.6. The molecule has 0 fully saturated rings. The van der Waals surface area contributed by atoms with E-state index in [1.54, 1.807) is 17.7 Å². The van der Waals surface area contributed by atoms with Crippen LogP contribution in [0.4, 0.5) is 0 Å². The summed E-state index contributed by atoms with van der Waals surface area (Å²) in [5, 5.41) is 0. The molecular weight excluding hydrogens is 342 g/mol. The molecule has 18 heavy (non-hydrogen) atoms. The normalized spacial score (nSPS) is 18.2. The molecule has 0 saturated heterocycles. The van der Waals surface area contributed by atoms with Crippen LogP contribution in [-0.4, -0.2) is 4.21 Å². The van der Waals surface area contributed by atoms with Gasteiger partial charge in [-0.25, -0.2) is 0 Å². The van der Waals surface area contributed by atoms with E-state index >= 15 is 0 Å². The molecule has 0 heterocycles. The van der Waals surface area contributed by atoms with Gasteiger partial charge in [-0.15, -0.1) is 24.8 Å². The minimum atomic E-state index is -1.69. The Balaban J connectivity index is 0.00000144. The standard InChI is InChI=1S/C8H11.C6H7.CH2.2ClH.Zr/c1-6-4-5-7(2)8(6)3;1-6-4-2-3-5-6;;;;/h4H2,1-3H3;4-5H,2H2,1H3;1H2;2*1H;. The van der Waals surface area contributed by atoms with Crippen LogP contribution in [0.3, 0.4) is 0 Å². The van der Waals surface area contributed by atoms with Crippen LogP contribution in [0, 0.1) is 0 Å². The van der Waals surface area contributed by atoms with Crippen LogP contribution in [-0.2, 0) is 21.3 Å². The second-order valence-corrected chi connectivity index (χ2v) is 10.4. The van der Waals surface area contributed by atoms with E-state index in [-0.39, 0.29) is 24.8 Å². The van der Waals surface area contributed by atoms with Crippen molar-refractivity contribution in [2.75, 3.05) is 0 Å². The Hall–Kier alpha value is 0.293. The fraction of sp³-hybridized carbons (Fsp3) is 0.400. The van der Waals surface area contributed by atoms with Crippen LogP contribution in [0.15, 0.2) is 41.0 Å². The Morgan fingerprint density at radius 3 is 2.06 bits per heavy atom. The predicted octanol–water partition coefficient (Wildman–Crippen LogP) is 5.13. The Bertz CT molecular complexity index is 491. The molecule has 0 unspecified atom stereocenters. The molecule has 0 radical (unpaired) electrons. The molecule has 0 aliphatic heterocycles. The van der Waals surface area contributed by atoms with Crippen LogP contribution in [0.1, 0.15) is 40.5 Å². The number of hydrogen-bond acceptors (Lipinski definition) is 0. The molecule has 100 valence electrons. The summed E-state index contributed by atoms with van der Waals surface area (Å²) in [6, 6.07) is 0. The van der Waals surface area contributed by atoms with Gasteiger partial charge in [-0.2, -0.15) is 0 Å². The average Bonchev–Trinajstić information content (AvgIpc) is 2.78. The molecule has 0 aromatic heterocycles. The van der Waals surface area contributed by atoms with Crippen molar-refractivity contribution in [3.63, 3.8) is 0 Å². The predicted molar refractivity (Wildman–Crippen MR) is 83.8 cm³/mol. The maximum absolute atomic E-state index is 4.57. The quantitative estimate of drug-likeness (QED) is 0.637. The zero-order valence-corrected chi connectivity index (χ0v) is 15.7. The molecule has 0 aromatic carbocycles. The summed E-state index contributed by atoms with van der Waals surface area (Å²) in [5.41, 5.74) is 6.10. The van der Waals surface area contributed by atoms with Gasteiger partial charge in [0.15, 0.2) is 0 Å². The Morgan fingerprint density at radius 2 is 1.67 bits per heavy atom. The molecule has 0 amide bonds. The summed E-state index contributed by atoms with van der Waals surface area (Å²) in [6.07, 6.45) is 7.13. The number of halogens is 2. The van der Waals surface area contributed by atoms with E-state index in [0.717, 1.165) is 0 Å². The first kappa shape index (κ1) is 18.3. The first-order chi connectivity index (χ1) is 7.50. The number of rotatable bonds is 2. The molecule has 2 aliphatic rings. The van der Waals surface area contributed by atoms with Crippen LogP contribution in [0.2, 0.25) is 0 Å². The summed E-state index contributed by atoms with van der Waals surface area (Å²) < 4.78 is 7.97. The van der Waals surface area contributed by atoms with Crippen molar-refractivity contribution in [3.8, 4) is 0 Å². The summed E-state index contributed by atoms with van der Waals surface area (Å²) in [6.45, 7) is 9.03. The van der Waals surface area contributed by atoms with Crippen molar-refractivity contribution < 1.29 is 21.3 Å². The van der Waals surface area contributed by atoms with Gasteiger partial charge in [0.2, 0.25) is 0 Å². The molecular formula is C15H22Cl2Zr. The van der Waals surface area contributed by atoms with Crippen LogP contribution < -0.4 is 0 Å². The van der Waals surface area contributed by atoms with Crippen LogP contribution in [0.5, 0.6) is 0 Å². The molecule has 0 spiro atoms. The Kier molecular flexibility index (Phi) is 7.29. The molecule has 2 aliphatic carbocycles. The van der Waals surface area contributed by atoms with Crippen LogP contribution in [0.25, 0.3) is 0 Å². The van der Waals surface area contributed by atoms with E-state index in [0.29, 0.717) is 0 Å². The molecule has 0 atom stereocenters. The van der Waals surface area contributed by atoms with E-state index in [1.807, 2.05) is 0 Å². The van der Waals surface area contributed by atoms with Crippen molar-refractivity contribution in [1.82, 2.24) is 0 Å². The molecule has 0 saturated carbocycles. The van der Waals surface area contributed by atoms with Crippen molar-refractivity contribution in [2.45, 2.75) is 40.5 Å². The first-order valence-corrected chi connectivity index (χ1v) is 10.1. The van der Waals surface area contributed by atoms with Gasteiger partial charge >= 0.3 is 107 Å². The fourth-order valence-corrected chi connectivity index (χ4v) is 8.02.